The summed E-state index contributed by atoms with van der Waals surface area (Å²) in [6.45, 7) is 4.60. The van der Waals surface area contributed by atoms with Crippen molar-refractivity contribution in [3.8, 4) is 0 Å². The van der Waals surface area contributed by atoms with E-state index in [0.717, 1.165) is 19.6 Å². The van der Waals surface area contributed by atoms with Gasteiger partial charge in [-0.05, 0) is 24.6 Å². The molecule has 1 saturated heterocycles. The van der Waals surface area contributed by atoms with Crippen molar-refractivity contribution in [3.05, 3.63) is 29.8 Å². The van der Waals surface area contributed by atoms with Crippen molar-refractivity contribution in [3.63, 3.8) is 0 Å². The number of nitrogens with zero attached hydrogens (tertiary/aromatic N) is 1. The zero-order valence-corrected chi connectivity index (χ0v) is 10.0. The van der Waals surface area contributed by atoms with Gasteiger partial charge in [0.25, 0.3) is 0 Å². The fourth-order valence-corrected chi connectivity index (χ4v) is 2.23. The second kappa shape index (κ2) is 5.19. The molecule has 1 unspecified atom stereocenters. The Labute approximate surface area is 101 Å². The summed E-state index contributed by atoms with van der Waals surface area (Å²) in [6, 6.07) is 8.38. The van der Waals surface area contributed by atoms with Crippen molar-refractivity contribution in [2.75, 3.05) is 24.5 Å². The topological polar surface area (TPSA) is 52.6 Å². The molecule has 1 aromatic carbocycles. The molecular weight excluding hydrogens is 216 g/mol. The molecule has 0 saturated carbocycles. The maximum absolute atomic E-state index is 10.7. The van der Waals surface area contributed by atoms with Crippen LogP contribution in [-0.2, 0) is 4.79 Å². The quantitative estimate of drug-likeness (QED) is 0.826. The molecule has 92 valence electrons. The number of aliphatic carboxylic acids is 1. The first-order valence-corrected chi connectivity index (χ1v) is 5.92. The highest BCUT2D eigenvalue weighted by Gasteiger charge is 2.21. The minimum atomic E-state index is -0.742. The van der Waals surface area contributed by atoms with Crippen LogP contribution in [0, 0.1) is 6.92 Å². The van der Waals surface area contributed by atoms with Crippen LogP contribution < -0.4 is 10.2 Å². The zero-order chi connectivity index (χ0) is 12.3. The molecule has 1 aromatic rings. The standard InChI is InChI=1S/C13H18N2O2/c1-10-3-2-4-12(7-10)15-6-5-14-11(9-15)8-13(16)17/h2-4,7,11,14H,5-6,8-9H2,1H3,(H,16,17). The van der Waals surface area contributed by atoms with E-state index in [0.29, 0.717) is 0 Å². The summed E-state index contributed by atoms with van der Waals surface area (Å²) in [6.07, 6.45) is 0.183. The molecule has 0 amide bonds. The van der Waals surface area contributed by atoms with E-state index in [2.05, 4.69) is 35.3 Å². The van der Waals surface area contributed by atoms with Crippen LogP contribution in [0.4, 0.5) is 5.69 Å². The average Bonchev–Trinajstić information content (AvgIpc) is 2.28. The van der Waals surface area contributed by atoms with Crippen molar-refractivity contribution in [2.45, 2.75) is 19.4 Å². The molecule has 1 atom stereocenters. The van der Waals surface area contributed by atoms with E-state index in [1.165, 1.54) is 11.3 Å². The first-order chi connectivity index (χ1) is 8.15. The molecule has 2 rings (SSSR count). The van der Waals surface area contributed by atoms with Gasteiger partial charge in [-0.3, -0.25) is 4.79 Å². The number of hydrogen-bond acceptors (Lipinski definition) is 3. The molecule has 2 N–H and O–H groups in total. The van der Waals surface area contributed by atoms with Gasteiger partial charge in [0, 0.05) is 31.4 Å². The SMILES string of the molecule is Cc1cccc(N2CCNC(CC(=O)O)C2)c1. The largest absolute Gasteiger partial charge is 0.481 e. The number of piperazine rings is 1. The highest BCUT2D eigenvalue weighted by Crippen LogP contribution is 2.18. The van der Waals surface area contributed by atoms with E-state index in [4.69, 9.17) is 5.11 Å². The van der Waals surface area contributed by atoms with Crippen LogP contribution in [0.1, 0.15) is 12.0 Å². The zero-order valence-electron chi connectivity index (χ0n) is 10.0. The summed E-state index contributed by atoms with van der Waals surface area (Å²) in [5, 5.41) is 12.1. The molecule has 0 aromatic heterocycles. The van der Waals surface area contributed by atoms with Crippen LogP contribution in [0.25, 0.3) is 0 Å². The summed E-state index contributed by atoms with van der Waals surface area (Å²) in [4.78, 5) is 13.0. The molecule has 17 heavy (non-hydrogen) atoms. The Morgan fingerprint density at radius 3 is 3.12 bits per heavy atom. The smallest absolute Gasteiger partial charge is 0.304 e. The van der Waals surface area contributed by atoms with Crippen molar-refractivity contribution >= 4 is 11.7 Å². The second-order valence-electron chi connectivity index (χ2n) is 4.53. The number of carbonyl (C=O) groups is 1. The molecule has 1 aliphatic rings. The minimum Gasteiger partial charge on any atom is -0.481 e. The lowest BCUT2D eigenvalue weighted by Crippen LogP contribution is -2.51. The van der Waals surface area contributed by atoms with Gasteiger partial charge in [-0.25, -0.2) is 0 Å². The summed E-state index contributed by atoms with van der Waals surface area (Å²) in [7, 11) is 0. The Morgan fingerprint density at radius 2 is 2.41 bits per heavy atom. The molecule has 4 nitrogen and oxygen atoms in total. The predicted molar refractivity (Wildman–Crippen MR) is 67.4 cm³/mol. The van der Waals surface area contributed by atoms with Gasteiger partial charge in [-0.2, -0.15) is 0 Å². The minimum absolute atomic E-state index is 0.0433. The number of carboxylic acid groups (broad SMARTS) is 1. The Morgan fingerprint density at radius 1 is 1.59 bits per heavy atom. The highest BCUT2D eigenvalue weighted by molar-refractivity contribution is 5.67. The summed E-state index contributed by atoms with van der Waals surface area (Å²) < 4.78 is 0. The average molecular weight is 234 g/mol. The Balaban J connectivity index is 2.04. The van der Waals surface area contributed by atoms with Gasteiger partial charge in [-0.1, -0.05) is 12.1 Å². The number of aryl methyl sites for hydroxylation is 1. The molecule has 1 heterocycles. The van der Waals surface area contributed by atoms with Crippen molar-refractivity contribution in [1.82, 2.24) is 5.32 Å². The van der Waals surface area contributed by atoms with Gasteiger partial charge in [0.05, 0.1) is 6.42 Å². The number of benzene rings is 1. The lowest BCUT2D eigenvalue weighted by atomic mass is 10.1. The van der Waals surface area contributed by atoms with Crippen LogP contribution in [0.15, 0.2) is 24.3 Å². The highest BCUT2D eigenvalue weighted by atomic mass is 16.4. The van der Waals surface area contributed by atoms with E-state index in [-0.39, 0.29) is 12.5 Å². The van der Waals surface area contributed by atoms with Gasteiger partial charge in [-0.15, -0.1) is 0 Å². The third kappa shape index (κ3) is 3.20. The van der Waals surface area contributed by atoms with E-state index in [1.807, 2.05) is 6.07 Å². The molecule has 0 radical (unpaired) electrons. The van der Waals surface area contributed by atoms with Gasteiger partial charge in [0.15, 0.2) is 0 Å². The van der Waals surface area contributed by atoms with Crippen molar-refractivity contribution in [2.24, 2.45) is 0 Å². The Bertz CT molecular complexity index is 406. The van der Waals surface area contributed by atoms with Crippen LogP contribution in [0.3, 0.4) is 0 Å². The number of nitrogens with one attached hydrogen (secondary N) is 1. The third-order valence-electron chi connectivity index (χ3n) is 3.04. The van der Waals surface area contributed by atoms with Crippen LogP contribution in [-0.4, -0.2) is 36.8 Å². The van der Waals surface area contributed by atoms with Gasteiger partial charge in [0.2, 0.25) is 0 Å². The maximum atomic E-state index is 10.7. The lowest BCUT2D eigenvalue weighted by Gasteiger charge is -2.34. The second-order valence-corrected chi connectivity index (χ2v) is 4.53. The van der Waals surface area contributed by atoms with Crippen molar-refractivity contribution < 1.29 is 9.90 Å². The fourth-order valence-electron chi connectivity index (χ4n) is 2.23. The van der Waals surface area contributed by atoms with Gasteiger partial charge in [0.1, 0.15) is 0 Å². The van der Waals surface area contributed by atoms with E-state index >= 15 is 0 Å². The van der Waals surface area contributed by atoms with E-state index < -0.39 is 5.97 Å². The van der Waals surface area contributed by atoms with Crippen LogP contribution in [0.5, 0.6) is 0 Å². The monoisotopic (exact) mass is 234 g/mol. The molecule has 0 bridgehead atoms. The summed E-state index contributed by atoms with van der Waals surface area (Å²) in [5.41, 5.74) is 2.41. The molecule has 0 aliphatic carbocycles. The summed E-state index contributed by atoms with van der Waals surface area (Å²) >= 11 is 0. The lowest BCUT2D eigenvalue weighted by molar-refractivity contribution is -0.137. The molecule has 0 spiro atoms. The number of carboxylic acids is 1. The maximum Gasteiger partial charge on any atom is 0.304 e. The van der Waals surface area contributed by atoms with Gasteiger partial charge >= 0.3 is 5.97 Å². The van der Waals surface area contributed by atoms with Gasteiger partial charge < -0.3 is 15.3 Å². The van der Waals surface area contributed by atoms with Crippen molar-refractivity contribution in [1.29, 1.82) is 0 Å². The van der Waals surface area contributed by atoms with Crippen LogP contribution >= 0.6 is 0 Å². The predicted octanol–water partition coefficient (Wildman–Crippen LogP) is 1.25. The fraction of sp³-hybridized carbons (Fsp3) is 0.462. The first kappa shape index (κ1) is 11.9. The number of rotatable bonds is 3. The van der Waals surface area contributed by atoms with Crippen LogP contribution in [0.2, 0.25) is 0 Å². The summed E-state index contributed by atoms with van der Waals surface area (Å²) in [5.74, 6) is -0.742. The third-order valence-corrected chi connectivity index (χ3v) is 3.04. The Kier molecular flexibility index (Phi) is 3.64. The molecular formula is C13H18N2O2. The number of anilines is 1. The Hall–Kier alpha value is -1.55. The molecule has 1 aliphatic heterocycles. The molecule has 1 fully saturated rings. The first-order valence-electron chi connectivity index (χ1n) is 5.92. The number of hydrogen-bond donors (Lipinski definition) is 2. The van der Waals surface area contributed by atoms with E-state index in [9.17, 15) is 4.79 Å². The normalized spacial score (nSPS) is 20.3. The molecule has 4 heteroatoms. The van der Waals surface area contributed by atoms with E-state index in [1.54, 1.807) is 0 Å².